The molecule has 1 heterocycles. The van der Waals surface area contributed by atoms with Gasteiger partial charge in [0.2, 0.25) is 5.95 Å². The molecular formula is C12H16N6. The highest BCUT2D eigenvalue weighted by atomic mass is 15.4. The molecule has 1 aromatic carbocycles. The van der Waals surface area contributed by atoms with Gasteiger partial charge >= 0.3 is 0 Å². The molecule has 0 unspecified atom stereocenters. The Kier molecular flexibility index (Phi) is 3.29. The molecule has 6 heteroatoms. The van der Waals surface area contributed by atoms with Crippen LogP contribution in [0.4, 0.5) is 5.95 Å². The molecule has 0 aliphatic heterocycles. The monoisotopic (exact) mass is 244 g/mol. The highest BCUT2D eigenvalue weighted by Crippen LogP contribution is 2.17. The van der Waals surface area contributed by atoms with E-state index >= 15 is 0 Å². The van der Waals surface area contributed by atoms with Crippen molar-refractivity contribution in [2.45, 2.75) is 0 Å². The number of anilines is 1. The van der Waals surface area contributed by atoms with Crippen molar-refractivity contribution in [1.82, 2.24) is 15.0 Å². The first-order valence-electron chi connectivity index (χ1n) is 5.50. The molecule has 0 aliphatic carbocycles. The average Bonchev–Trinajstić information content (AvgIpc) is 2.36. The Morgan fingerprint density at radius 3 is 2.89 bits per heavy atom. The molecule has 0 amide bonds. The highest BCUT2D eigenvalue weighted by molar-refractivity contribution is 5.82. The fourth-order valence-electron chi connectivity index (χ4n) is 1.62. The van der Waals surface area contributed by atoms with Crippen molar-refractivity contribution in [3.05, 3.63) is 36.2 Å². The topological polar surface area (TPSA) is 93.1 Å². The van der Waals surface area contributed by atoms with Crippen LogP contribution in [0, 0.1) is 0 Å². The minimum atomic E-state index is 0.582. The van der Waals surface area contributed by atoms with E-state index < -0.39 is 0 Å². The van der Waals surface area contributed by atoms with E-state index in [0.29, 0.717) is 11.6 Å². The van der Waals surface area contributed by atoms with Crippen LogP contribution >= 0.6 is 0 Å². The third-order valence-electron chi connectivity index (χ3n) is 2.48. The largest absolute Gasteiger partial charge is 0.397 e. The van der Waals surface area contributed by atoms with Crippen LogP contribution in [0.5, 0.6) is 0 Å². The first-order chi connectivity index (χ1) is 8.60. The van der Waals surface area contributed by atoms with E-state index in [1.54, 1.807) is 26.5 Å². The third kappa shape index (κ3) is 2.49. The summed E-state index contributed by atoms with van der Waals surface area (Å²) in [5.74, 6) is 6.11. The number of nitrogens with one attached hydrogen (secondary N) is 1. The fraction of sp³-hybridized carbons (Fsp3) is 0.167. The first-order valence-corrected chi connectivity index (χ1v) is 5.50. The molecule has 0 bridgehead atoms. The molecule has 2 aromatic rings. The smallest absolute Gasteiger partial charge is 0.222 e. The van der Waals surface area contributed by atoms with Crippen molar-refractivity contribution in [2.24, 2.45) is 11.6 Å². The molecule has 0 radical (unpaired) electrons. The van der Waals surface area contributed by atoms with Crippen LogP contribution < -0.4 is 16.9 Å². The molecule has 6 nitrogen and oxygen atoms in total. The van der Waals surface area contributed by atoms with E-state index in [0.717, 1.165) is 16.5 Å². The summed E-state index contributed by atoms with van der Waals surface area (Å²) < 4.78 is 0. The molecular weight excluding hydrogens is 228 g/mol. The van der Waals surface area contributed by atoms with E-state index in [4.69, 9.17) is 11.6 Å². The van der Waals surface area contributed by atoms with Gasteiger partial charge in [-0.3, -0.25) is 0 Å². The number of hydrazine groups is 1. The molecule has 0 saturated heterocycles. The molecule has 94 valence electrons. The minimum Gasteiger partial charge on any atom is -0.397 e. The number of fused-ring (bicyclic) bond motifs is 1. The Bertz CT molecular complexity index is 590. The molecule has 0 aliphatic rings. The summed E-state index contributed by atoms with van der Waals surface area (Å²) in [6.07, 6.45) is 3.42. The Labute approximate surface area is 105 Å². The predicted molar refractivity (Wildman–Crippen MR) is 73.2 cm³/mol. The van der Waals surface area contributed by atoms with Gasteiger partial charge < -0.3 is 16.1 Å². The van der Waals surface area contributed by atoms with Gasteiger partial charge in [0, 0.05) is 37.4 Å². The lowest BCUT2D eigenvalue weighted by atomic mass is 10.1. The maximum Gasteiger partial charge on any atom is 0.222 e. The lowest BCUT2D eigenvalue weighted by Gasteiger charge is -2.09. The molecule has 0 fully saturated rings. The SMILES string of the molecule is CNc1ncc2ccc(/C(N)=C/N(C)N)cc2n1. The van der Waals surface area contributed by atoms with E-state index in [1.807, 2.05) is 18.2 Å². The zero-order valence-corrected chi connectivity index (χ0v) is 10.4. The highest BCUT2D eigenvalue weighted by Gasteiger charge is 2.02. The standard InChI is InChI=1S/C12H16N6/c1-15-12-16-6-9-4-3-8(5-11(9)17-12)10(13)7-18(2)14/h3-7H,13-14H2,1-2H3,(H,15,16,17)/b10-7-. The lowest BCUT2D eigenvalue weighted by Crippen LogP contribution is -2.20. The van der Waals surface area contributed by atoms with Crippen LogP contribution in [-0.2, 0) is 0 Å². The summed E-state index contributed by atoms with van der Waals surface area (Å²) in [4.78, 5) is 8.52. The number of nitrogens with zero attached hydrogens (tertiary/aromatic N) is 3. The maximum absolute atomic E-state index is 5.94. The van der Waals surface area contributed by atoms with Gasteiger partial charge in [-0.25, -0.2) is 15.8 Å². The van der Waals surface area contributed by atoms with Gasteiger partial charge in [0.25, 0.3) is 0 Å². The van der Waals surface area contributed by atoms with Crippen molar-refractivity contribution in [3.63, 3.8) is 0 Å². The molecule has 1 aromatic heterocycles. The summed E-state index contributed by atoms with van der Waals surface area (Å²) >= 11 is 0. The van der Waals surface area contributed by atoms with Gasteiger partial charge in [-0.05, 0) is 6.07 Å². The second kappa shape index (κ2) is 4.89. The van der Waals surface area contributed by atoms with Crippen LogP contribution in [0.25, 0.3) is 16.6 Å². The van der Waals surface area contributed by atoms with Gasteiger partial charge in [0.1, 0.15) is 0 Å². The molecule has 5 N–H and O–H groups in total. The summed E-state index contributed by atoms with van der Waals surface area (Å²) in [6, 6.07) is 5.76. The summed E-state index contributed by atoms with van der Waals surface area (Å²) in [5, 5.41) is 5.28. The van der Waals surface area contributed by atoms with Crippen molar-refractivity contribution >= 4 is 22.5 Å². The van der Waals surface area contributed by atoms with E-state index in [2.05, 4.69) is 15.3 Å². The molecule has 18 heavy (non-hydrogen) atoms. The van der Waals surface area contributed by atoms with Crippen LogP contribution in [0.3, 0.4) is 0 Å². The quantitative estimate of drug-likeness (QED) is 0.544. The Morgan fingerprint density at radius 2 is 2.22 bits per heavy atom. The number of rotatable bonds is 3. The Balaban J connectivity index is 2.48. The molecule has 0 atom stereocenters. The number of hydrogen-bond donors (Lipinski definition) is 3. The van der Waals surface area contributed by atoms with Crippen molar-refractivity contribution < 1.29 is 0 Å². The number of aromatic nitrogens is 2. The predicted octanol–water partition coefficient (Wildman–Crippen LogP) is 0.734. The van der Waals surface area contributed by atoms with Crippen LogP contribution in [0.2, 0.25) is 0 Å². The second-order valence-electron chi connectivity index (χ2n) is 3.97. The fourth-order valence-corrected chi connectivity index (χ4v) is 1.62. The lowest BCUT2D eigenvalue weighted by molar-refractivity contribution is 0.486. The van der Waals surface area contributed by atoms with Crippen LogP contribution in [-0.4, -0.2) is 29.1 Å². The maximum atomic E-state index is 5.94. The van der Waals surface area contributed by atoms with Gasteiger partial charge in [-0.2, -0.15) is 0 Å². The van der Waals surface area contributed by atoms with Crippen LogP contribution in [0.15, 0.2) is 30.6 Å². The van der Waals surface area contributed by atoms with Crippen molar-refractivity contribution in [3.8, 4) is 0 Å². The summed E-state index contributed by atoms with van der Waals surface area (Å²) in [6.45, 7) is 0. The van der Waals surface area contributed by atoms with Gasteiger partial charge in [-0.15, -0.1) is 0 Å². The van der Waals surface area contributed by atoms with Gasteiger partial charge in [0.15, 0.2) is 0 Å². The zero-order chi connectivity index (χ0) is 13.1. The first kappa shape index (κ1) is 12.1. The average molecular weight is 244 g/mol. The normalized spacial score (nSPS) is 11.6. The molecule has 0 saturated carbocycles. The molecule has 0 spiro atoms. The van der Waals surface area contributed by atoms with E-state index in [1.165, 1.54) is 5.01 Å². The van der Waals surface area contributed by atoms with Gasteiger partial charge in [0.05, 0.1) is 11.2 Å². The van der Waals surface area contributed by atoms with Crippen molar-refractivity contribution in [1.29, 1.82) is 0 Å². The summed E-state index contributed by atoms with van der Waals surface area (Å²) in [5.41, 5.74) is 8.24. The van der Waals surface area contributed by atoms with Crippen LogP contribution in [0.1, 0.15) is 5.56 Å². The number of hydrogen-bond acceptors (Lipinski definition) is 6. The zero-order valence-electron chi connectivity index (χ0n) is 10.4. The second-order valence-corrected chi connectivity index (χ2v) is 3.97. The summed E-state index contributed by atoms with van der Waals surface area (Å²) in [7, 11) is 3.50. The number of nitrogens with two attached hydrogens (primary N) is 2. The Morgan fingerprint density at radius 1 is 1.44 bits per heavy atom. The molecule has 2 rings (SSSR count). The van der Waals surface area contributed by atoms with Crippen molar-refractivity contribution in [2.75, 3.05) is 19.4 Å². The third-order valence-corrected chi connectivity index (χ3v) is 2.48. The number of benzene rings is 1. The van der Waals surface area contributed by atoms with E-state index in [9.17, 15) is 0 Å². The minimum absolute atomic E-state index is 0.582. The Hall–Kier alpha value is -2.34. The van der Waals surface area contributed by atoms with Gasteiger partial charge in [-0.1, -0.05) is 12.1 Å². The van der Waals surface area contributed by atoms with E-state index in [-0.39, 0.29) is 0 Å².